The molecular formula is C15H26N4O2. The molecule has 0 aromatic heterocycles. The highest BCUT2D eigenvalue weighted by atomic mass is 16.4. The largest absolute Gasteiger partial charge is 0.409 e. The van der Waals surface area contributed by atoms with Crippen LogP contribution >= 0.6 is 0 Å². The lowest BCUT2D eigenvalue weighted by molar-refractivity contribution is -0.149. The number of carbonyl (C=O) groups excluding carboxylic acids is 1. The number of piperidine rings is 1. The van der Waals surface area contributed by atoms with Gasteiger partial charge in [0.2, 0.25) is 5.91 Å². The highest BCUT2D eigenvalue weighted by Crippen LogP contribution is 2.43. The van der Waals surface area contributed by atoms with Crippen LogP contribution in [-0.2, 0) is 4.79 Å². The fourth-order valence-corrected chi connectivity index (χ4v) is 4.12. The van der Waals surface area contributed by atoms with E-state index in [1.807, 2.05) is 4.90 Å². The highest BCUT2D eigenvalue weighted by Gasteiger charge is 2.52. The van der Waals surface area contributed by atoms with Gasteiger partial charge in [0, 0.05) is 25.2 Å². The number of amides is 1. The second-order valence-electron chi connectivity index (χ2n) is 6.87. The van der Waals surface area contributed by atoms with E-state index in [9.17, 15) is 4.79 Å². The molecule has 3 aliphatic rings. The van der Waals surface area contributed by atoms with Gasteiger partial charge < -0.3 is 15.8 Å². The summed E-state index contributed by atoms with van der Waals surface area (Å²) in [5.41, 5.74) is 5.10. The summed E-state index contributed by atoms with van der Waals surface area (Å²) in [4.78, 5) is 17.5. The monoisotopic (exact) mass is 294 g/mol. The molecule has 21 heavy (non-hydrogen) atoms. The Morgan fingerprint density at radius 3 is 2.67 bits per heavy atom. The van der Waals surface area contributed by atoms with Crippen LogP contribution in [0.1, 0.15) is 45.4 Å². The molecule has 6 nitrogen and oxygen atoms in total. The van der Waals surface area contributed by atoms with E-state index in [1.54, 1.807) is 0 Å². The lowest BCUT2D eigenvalue weighted by atomic mass is 9.66. The summed E-state index contributed by atoms with van der Waals surface area (Å²) < 4.78 is 0. The van der Waals surface area contributed by atoms with Crippen LogP contribution in [-0.4, -0.2) is 58.5 Å². The molecular weight excluding hydrogens is 268 g/mol. The molecule has 2 saturated heterocycles. The minimum Gasteiger partial charge on any atom is -0.409 e. The molecule has 0 radical (unpaired) electrons. The van der Waals surface area contributed by atoms with E-state index in [2.05, 4.69) is 17.0 Å². The lowest BCUT2D eigenvalue weighted by Crippen LogP contribution is -2.65. The SMILES string of the molecule is CC1CN2CCCCC2CN1C(=O)C1(C(N)=NO)CCC1. The Morgan fingerprint density at radius 1 is 1.29 bits per heavy atom. The number of rotatable bonds is 2. The average Bonchev–Trinajstić information content (AvgIpc) is 2.44. The van der Waals surface area contributed by atoms with Crippen molar-refractivity contribution in [3.05, 3.63) is 0 Å². The number of piperazine rings is 1. The summed E-state index contributed by atoms with van der Waals surface area (Å²) in [6, 6.07) is 0.694. The number of fused-ring (bicyclic) bond motifs is 1. The molecule has 3 rings (SSSR count). The smallest absolute Gasteiger partial charge is 0.236 e. The van der Waals surface area contributed by atoms with Crippen molar-refractivity contribution >= 4 is 11.7 Å². The van der Waals surface area contributed by atoms with Crippen molar-refractivity contribution in [1.29, 1.82) is 0 Å². The van der Waals surface area contributed by atoms with Crippen molar-refractivity contribution in [2.24, 2.45) is 16.3 Å². The number of hydrogen-bond donors (Lipinski definition) is 2. The minimum atomic E-state index is -0.736. The van der Waals surface area contributed by atoms with Crippen LogP contribution in [0, 0.1) is 5.41 Å². The zero-order chi connectivity index (χ0) is 15.0. The molecule has 2 atom stereocenters. The predicted molar refractivity (Wildman–Crippen MR) is 80.1 cm³/mol. The molecule has 1 aliphatic carbocycles. The van der Waals surface area contributed by atoms with Gasteiger partial charge in [-0.3, -0.25) is 9.69 Å². The van der Waals surface area contributed by atoms with E-state index >= 15 is 0 Å². The molecule has 3 N–H and O–H groups in total. The van der Waals surface area contributed by atoms with Crippen LogP contribution in [0.15, 0.2) is 5.16 Å². The fraction of sp³-hybridized carbons (Fsp3) is 0.867. The third-order valence-corrected chi connectivity index (χ3v) is 5.66. The first kappa shape index (κ1) is 14.6. The second-order valence-corrected chi connectivity index (χ2v) is 6.87. The van der Waals surface area contributed by atoms with Crippen molar-refractivity contribution in [3.8, 4) is 0 Å². The summed E-state index contributed by atoms with van der Waals surface area (Å²) in [5.74, 6) is 0.166. The Balaban J connectivity index is 1.77. The number of carbonyl (C=O) groups is 1. The molecule has 2 unspecified atom stereocenters. The molecule has 0 bridgehead atoms. The van der Waals surface area contributed by atoms with Gasteiger partial charge >= 0.3 is 0 Å². The molecule has 2 aliphatic heterocycles. The van der Waals surface area contributed by atoms with E-state index in [-0.39, 0.29) is 17.8 Å². The Hall–Kier alpha value is -1.30. The molecule has 1 amide bonds. The van der Waals surface area contributed by atoms with Crippen LogP contribution in [0.3, 0.4) is 0 Å². The summed E-state index contributed by atoms with van der Waals surface area (Å²) in [6.45, 7) is 5.01. The molecule has 118 valence electrons. The van der Waals surface area contributed by atoms with Gasteiger partial charge in [-0.1, -0.05) is 18.0 Å². The number of nitrogens with zero attached hydrogens (tertiary/aromatic N) is 3. The molecule has 0 aromatic carbocycles. The van der Waals surface area contributed by atoms with Crippen LogP contribution in [0.25, 0.3) is 0 Å². The first-order chi connectivity index (χ1) is 10.1. The van der Waals surface area contributed by atoms with E-state index in [4.69, 9.17) is 10.9 Å². The van der Waals surface area contributed by atoms with Crippen LogP contribution in [0.5, 0.6) is 0 Å². The Labute approximate surface area is 125 Å². The molecule has 3 fully saturated rings. The Morgan fingerprint density at radius 2 is 2.05 bits per heavy atom. The zero-order valence-corrected chi connectivity index (χ0v) is 12.8. The van der Waals surface area contributed by atoms with Gasteiger partial charge in [-0.15, -0.1) is 0 Å². The number of nitrogens with two attached hydrogens (primary N) is 1. The Kier molecular flexibility index (Phi) is 3.82. The molecule has 0 aromatic rings. The maximum atomic E-state index is 13.0. The number of amidine groups is 1. The van der Waals surface area contributed by atoms with Gasteiger partial charge in [0.25, 0.3) is 0 Å². The van der Waals surface area contributed by atoms with Crippen LogP contribution < -0.4 is 5.73 Å². The van der Waals surface area contributed by atoms with Crippen molar-refractivity contribution in [2.45, 2.75) is 57.5 Å². The molecule has 0 spiro atoms. The summed E-state index contributed by atoms with van der Waals surface area (Å²) in [5, 5.41) is 12.2. The second kappa shape index (κ2) is 5.48. The van der Waals surface area contributed by atoms with Gasteiger partial charge in [-0.05, 0) is 39.2 Å². The third kappa shape index (κ3) is 2.29. The van der Waals surface area contributed by atoms with Gasteiger partial charge in [0.05, 0.1) is 0 Å². The van der Waals surface area contributed by atoms with E-state index in [1.165, 1.54) is 19.3 Å². The molecule has 6 heteroatoms. The Bertz CT molecular complexity index is 447. The van der Waals surface area contributed by atoms with E-state index in [0.717, 1.165) is 26.1 Å². The maximum absolute atomic E-state index is 13.0. The fourth-order valence-electron chi connectivity index (χ4n) is 4.12. The van der Waals surface area contributed by atoms with Crippen molar-refractivity contribution < 1.29 is 10.0 Å². The topological polar surface area (TPSA) is 82.2 Å². The van der Waals surface area contributed by atoms with Gasteiger partial charge in [-0.2, -0.15) is 0 Å². The first-order valence-electron chi connectivity index (χ1n) is 8.11. The van der Waals surface area contributed by atoms with Gasteiger partial charge in [-0.25, -0.2) is 0 Å². The van der Waals surface area contributed by atoms with E-state index in [0.29, 0.717) is 18.9 Å². The maximum Gasteiger partial charge on any atom is 0.236 e. The highest BCUT2D eigenvalue weighted by molar-refractivity contribution is 6.07. The lowest BCUT2D eigenvalue weighted by Gasteiger charge is -2.51. The van der Waals surface area contributed by atoms with Gasteiger partial charge in [0.15, 0.2) is 5.84 Å². The standard InChI is InChI=1S/C15H26N4O2/c1-11-9-18-8-3-2-5-12(18)10-19(11)14(20)15(6-4-7-15)13(16)17-21/h11-12,21H,2-10H2,1H3,(H2,16,17). The molecule has 2 heterocycles. The summed E-state index contributed by atoms with van der Waals surface area (Å²) in [7, 11) is 0. The quantitative estimate of drug-likeness (QED) is 0.344. The summed E-state index contributed by atoms with van der Waals surface area (Å²) in [6.07, 6.45) is 6.08. The predicted octanol–water partition coefficient (Wildman–Crippen LogP) is 0.988. The van der Waals surface area contributed by atoms with Crippen molar-refractivity contribution in [2.75, 3.05) is 19.6 Å². The van der Waals surface area contributed by atoms with E-state index < -0.39 is 5.41 Å². The van der Waals surface area contributed by atoms with Crippen LogP contribution in [0.4, 0.5) is 0 Å². The van der Waals surface area contributed by atoms with Gasteiger partial charge in [0.1, 0.15) is 5.41 Å². The number of oxime groups is 1. The average molecular weight is 294 g/mol. The molecule has 1 saturated carbocycles. The summed E-state index contributed by atoms with van der Waals surface area (Å²) >= 11 is 0. The first-order valence-corrected chi connectivity index (χ1v) is 8.11. The van der Waals surface area contributed by atoms with Crippen LogP contribution in [0.2, 0.25) is 0 Å². The minimum absolute atomic E-state index is 0.0711. The van der Waals surface area contributed by atoms with Crippen molar-refractivity contribution in [3.63, 3.8) is 0 Å². The third-order valence-electron chi connectivity index (χ3n) is 5.66. The van der Waals surface area contributed by atoms with Crippen molar-refractivity contribution in [1.82, 2.24) is 9.80 Å². The number of hydrogen-bond acceptors (Lipinski definition) is 4. The normalized spacial score (nSPS) is 33.2. The zero-order valence-electron chi connectivity index (χ0n) is 12.8.